The molecule has 1 N–H and O–H groups in total. The van der Waals surface area contributed by atoms with Crippen molar-refractivity contribution in [2.45, 2.75) is 48.5 Å². The van der Waals surface area contributed by atoms with Gasteiger partial charge in [0.05, 0.1) is 5.82 Å². The van der Waals surface area contributed by atoms with E-state index < -0.39 is 5.41 Å². The minimum Gasteiger partial charge on any atom is -0.512 e. The van der Waals surface area contributed by atoms with E-state index in [1.807, 2.05) is 54.5 Å². The third-order valence-electron chi connectivity index (χ3n) is 5.42. The number of imidazole rings is 1. The van der Waals surface area contributed by atoms with Gasteiger partial charge in [0.15, 0.2) is 5.78 Å². The predicted molar refractivity (Wildman–Crippen MR) is 123 cm³/mol. The van der Waals surface area contributed by atoms with E-state index in [4.69, 9.17) is 0 Å². The SMILES string of the molecule is CC(C)(C)C(=O)/C=C(\O)C(C)(C)C.Cc1nc2c(n1C)-c1cccc3cc[c-]c-2c13.[Ir]. The van der Waals surface area contributed by atoms with Crippen LogP contribution in [0, 0.1) is 23.8 Å². The fourth-order valence-corrected chi connectivity index (χ4v) is 3.31. The van der Waals surface area contributed by atoms with E-state index in [0.29, 0.717) is 0 Å². The van der Waals surface area contributed by atoms with E-state index in [-0.39, 0.29) is 37.1 Å². The van der Waals surface area contributed by atoms with E-state index in [2.05, 4.69) is 46.9 Å². The molecule has 2 aromatic carbocycles. The minimum absolute atomic E-state index is 0. The predicted octanol–water partition coefficient (Wildman–Crippen LogP) is 6.42. The Hall–Kier alpha value is -2.23. The number of nitrogens with zero attached hydrogens (tertiary/aromatic N) is 2. The van der Waals surface area contributed by atoms with E-state index in [9.17, 15) is 9.90 Å². The number of aliphatic hydroxyl groups excluding tert-OH is 1. The molecule has 5 heteroatoms. The van der Waals surface area contributed by atoms with Crippen molar-refractivity contribution in [1.82, 2.24) is 9.55 Å². The van der Waals surface area contributed by atoms with Crippen LogP contribution in [0.5, 0.6) is 0 Å². The molecule has 1 aliphatic rings. The van der Waals surface area contributed by atoms with Crippen molar-refractivity contribution < 1.29 is 30.0 Å². The Morgan fingerprint density at radius 2 is 1.74 bits per heavy atom. The standard InChI is InChI=1S/C15H11N2.C11H20O2.Ir/c1-9-16-14-11-7-3-5-10-6-4-8-12(13(10)11)15(14)17(9)2;1-10(2,3)8(12)7-9(13)11(4,5)6;/h3-6,8H,1-2H3;7,12H,1-6H3;/q-1;;/b;8-7-;. The molecule has 0 saturated heterocycles. The Morgan fingerprint density at radius 1 is 1.10 bits per heavy atom. The first-order valence-corrected chi connectivity index (χ1v) is 10.3. The van der Waals surface area contributed by atoms with Crippen molar-refractivity contribution in [3.05, 3.63) is 54.1 Å². The zero-order valence-electron chi connectivity index (χ0n) is 19.5. The van der Waals surface area contributed by atoms with Crippen LogP contribution in [-0.2, 0) is 31.9 Å². The van der Waals surface area contributed by atoms with Crippen LogP contribution in [0.3, 0.4) is 0 Å². The largest absolute Gasteiger partial charge is 0.512 e. The van der Waals surface area contributed by atoms with Crippen LogP contribution in [0.15, 0.2) is 42.2 Å². The molecule has 0 amide bonds. The molecule has 1 aliphatic carbocycles. The van der Waals surface area contributed by atoms with Gasteiger partial charge in [0.1, 0.15) is 5.76 Å². The first-order valence-electron chi connectivity index (χ1n) is 10.3. The zero-order valence-corrected chi connectivity index (χ0v) is 21.9. The number of aromatic nitrogens is 2. The van der Waals surface area contributed by atoms with Crippen LogP contribution < -0.4 is 0 Å². The molecule has 0 atom stereocenters. The van der Waals surface area contributed by atoms with Gasteiger partial charge in [0.25, 0.3) is 0 Å². The maximum atomic E-state index is 11.5. The third-order valence-corrected chi connectivity index (χ3v) is 5.42. The summed E-state index contributed by atoms with van der Waals surface area (Å²) in [7, 11) is 2.08. The first kappa shape index (κ1) is 25.0. The van der Waals surface area contributed by atoms with Gasteiger partial charge in [-0.1, -0.05) is 65.1 Å². The van der Waals surface area contributed by atoms with E-state index in [1.54, 1.807) is 0 Å². The van der Waals surface area contributed by atoms with Gasteiger partial charge in [-0.25, -0.2) is 0 Å². The number of carbonyl (C=O) groups excluding carboxylic acids is 1. The number of hydrogen-bond acceptors (Lipinski definition) is 3. The van der Waals surface area contributed by atoms with Gasteiger partial charge >= 0.3 is 0 Å². The average molecular weight is 596 g/mol. The smallest absolute Gasteiger partial charge is 0.164 e. The van der Waals surface area contributed by atoms with Crippen LogP contribution >= 0.6 is 0 Å². The molecule has 0 unspecified atom stereocenters. The third kappa shape index (κ3) is 4.83. The molecule has 0 saturated carbocycles. The summed E-state index contributed by atoms with van der Waals surface area (Å²) in [6.07, 6.45) is 1.33. The number of aliphatic hydroxyl groups is 1. The summed E-state index contributed by atoms with van der Waals surface area (Å²) in [4.78, 5) is 16.1. The molecule has 4 nitrogen and oxygen atoms in total. The molecule has 0 spiro atoms. The molecule has 0 fully saturated rings. The number of fused-ring (bicyclic) bond motifs is 3. The summed E-state index contributed by atoms with van der Waals surface area (Å²) in [6, 6.07) is 13.9. The van der Waals surface area contributed by atoms with E-state index >= 15 is 0 Å². The van der Waals surface area contributed by atoms with Gasteiger partial charge in [0.2, 0.25) is 0 Å². The Morgan fingerprint density at radius 3 is 2.32 bits per heavy atom. The fourth-order valence-electron chi connectivity index (χ4n) is 3.31. The number of aryl methyl sites for hydroxylation is 1. The second kappa shape index (κ2) is 8.72. The molecule has 3 aromatic rings. The number of benzene rings is 2. The Balaban J connectivity index is 0.000000223. The maximum Gasteiger partial charge on any atom is 0.164 e. The number of rotatable bonds is 1. The molecule has 167 valence electrons. The van der Waals surface area contributed by atoms with Crippen molar-refractivity contribution in [2.24, 2.45) is 17.9 Å². The van der Waals surface area contributed by atoms with Gasteiger partial charge in [-0.2, -0.15) is 0 Å². The molecule has 1 heterocycles. The van der Waals surface area contributed by atoms with Gasteiger partial charge in [-0.05, 0) is 12.5 Å². The number of allylic oxidation sites excluding steroid dienone is 2. The van der Waals surface area contributed by atoms with Crippen molar-refractivity contribution in [3.8, 4) is 22.5 Å². The van der Waals surface area contributed by atoms with Gasteiger partial charge < -0.3 is 9.67 Å². The van der Waals surface area contributed by atoms with Crippen LogP contribution in [0.25, 0.3) is 33.3 Å². The molecule has 0 bridgehead atoms. The average Bonchev–Trinajstić information content (AvgIpc) is 3.11. The van der Waals surface area contributed by atoms with Crippen LogP contribution in [0.2, 0.25) is 0 Å². The van der Waals surface area contributed by atoms with Crippen molar-refractivity contribution in [2.75, 3.05) is 0 Å². The Bertz CT molecular complexity index is 1150. The number of ketones is 1. The number of carbonyl (C=O) groups is 1. The Kier molecular flexibility index (Phi) is 7.04. The Labute approximate surface area is 198 Å². The first-order chi connectivity index (χ1) is 13.8. The summed E-state index contributed by atoms with van der Waals surface area (Å²) in [6.45, 7) is 13.2. The van der Waals surface area contributed by atoms with Crippen LogP contribution in [-0.4, -0.2) is 20.4 Å². The minimum atomic E-state index is -0.417. The normalized spacial score (nSPS) is 12.7. The molecular formula is C26H31IrN2O2-. The van der Waals surface area contributed by atoms with Gasteiger partial charge in [-0.3, -0.25) is 9.78 Å². The monoisotopic (exact) mass is 596 g/mol. The molecule has 4 rings (SSSR count). The summed E-state index contributed by atoms with van der Waals surface area (Å²) in [5.41, 5.74) is 3.98. The summed E-state index contributed by atoms with van der Waals surface area (Å²) in [5.74, 6) is 1.15. The molecule has 1 radical (unpaired) electrons. The van der Waals surface area contributed by atoms with E-state index in [0.717, 1.165) is 17.1 Å². The van der Waals surface area contributed by atoms with E-state index in [1.165, 1.54) is 28.1 Å². The molecular weight excluding hydrogens is 565 g/mol. The second-order valence-corrected chi connectivity index (χ2v) is 9.93. The maximum absolute atomic E-state index is 11.5. The molecule has 0 aliphatic heterocycles. The van der Waals surface area contributed by atoms with Gasteiger partial charge in [-0.15, -0.1) is 29.1 Å². The van der Waals surface area contributed by atoms with Crippen molar-refractivity contribution in [3.63, 3.8) is 0 Å². The topological polar surface area (TPSA) is 55.1 Å². The van der Waals surface area contributed by atoms with Crippen molar-refractivity contribution in [1.29, 1.82) is 0 Å². The summed E-state index contributed by atoms with van der Waals surface area (Å²) >= 11 is 0. The zero-order chi connectivity index (χ0) is 22.4. The number of hydrogen-bond donors (Lipinski definition) is 1. The van der Waals surface area contributed by atoms with Crippen molar-refractivity contribution >= 4 is 16.6 Å². The van der Waals surface area contributed by atoms with Crippen LogP contribution in [0.4, 0.5) is 0 Å². The van der Waals surface area contributed by atoms with Crippen LogP contribution in [0.1, 0.15) is 47.4 Å². The quantitative estimate of drug-likeness (QED) is 0.157. The molecule has 1 aromatic heterocycles. The fraction of sp³-hybridized carbons (Fsp3) is 0.385. The van der Waals surface area contributed by atoms with Gasteiger partial charge in [0, 0.05) is 55.4 Å². The molecule has 31 heavy (non-hydrogen) atoms. The summed E-state index contributed by atoms with van der Waals surface area (Å²) < 4.78 is 2.16. The second-order valence-electron chi connectivity index (χ2n) is 9.93. The summed E-state index contributed by atoms with van der Waals surface area (Å²) in [5, 5.41) is 12.1.